The molecular weight excluding hydrogens is 286 g/mol. The monoisotopic (exact) mass is 303 g/mol. The van der Waals surface area contributed by atoms with E-state index in [-0.39, 0.29) is 6.10 Å². The summed E-state index contributed by atoms with van der Waals surface area (Å²) in [6.07, 6.45) is 3.47. The maximum absolute atomic E-state index is 5.77. The Hall–Kier alpha value is -2.15. The number of anilines is 1. The SMILES string of the molecule is Cc1nn(C)c2nc(NC[C@H](C)Oc3cccnc3)sc12. The van der Waals surface area contributed by atoms with Gasteiger partial charge in [0.15, 0.2) is 10.8 Å². The smallest absolute Gasteiger partial charge is 0.185 e. The van der Waals surface area contributed by atoms with Gasteiger partial charge in [0.25, 0.3) is 0 Å². The number of aromatic nitrogens is 4. The standard InChI is InChI=1S/C14H17N5OS/c1-9(20-11-5-4-6-15-8-11)7-16-14-17-13-12(21-14)10(2)18-19(13)3/h4-6,8-9H,7H2,1-3H3,(H,16,17)/t9-/m0/s1. The molecule has 0 aliphatic heterocycles. The first-order chi connectivity index (χ1) is 10.1. The third-order valence-corrected chi connectivity index (χ3v) is 4.17. The van der Waals surface area contributed by atoms with Crippen molar-refractivity contribution in [3.8, 4) is 5.75 Å². The number of pyridine rings is 1. The number of nitrogens with zero attached hydrogens (tertiary/aromatic N) is 4. The Balaban J connectivity index is 1.62. The second-order valence-corrected chi connectivity index (χ2v) is 5.88. The molecule has 0 aromatic carbocycles. The van der Waals surface area contributed by atoms with Crippen LogP contribution in [0.3, 0.4) is 0 Å². The number of hydrogen-bond acceptors (Lipinski definition) is 6. The van der Waals surface area contributed by atoms with Crippen molar-refractivity contribution >= 4 is 26.8 Å². The second kappa shape index (κ2) is 5.69. The van der Waals surface area contributed by atoms with Crippen LogP contribution in [0.4, 0.5) is 5.13 Å². The number of fused-ring (bicyclic) bond motifs is 1. The van der Waals surface area contributed by atoms with Crippen LogP contribution in [-0.2, 0) is 7.05 Å². The maximum atomic E-state index is 5.77. The molecule has 0 aliphatic rings. The van der Waals surface area contributed by atoms with Crippen LogP contribution in [0.2, 0.25) is 0 Å². The largest absolute Gasteiger partial charge is 0.487 e. The van der Waals surface area contributed by atoms with E-state index in [0.717, 1.165) is 26.9 Å². The predicted molar refractivity (Wildman–Crippen MR) is 83.9 cm³/mol. The van der Waals surface area contributed by atoms with Crippen LogP contribution >= 0.6 is 11.3 Å². The molecule has 3 heterocycles. The number of hydrogen-bond donors (Lipinski definition) is 1. The average molecular weight is 303 g/mol. The summed E-state index contributed by atoms with van der Waals surface area (Å²) in [5.74, 6) is 0.774. The molecule has 0 radical (unpaired) electrons. The van der Waals surface area contributed by atoms with Gasteiger partial charge >= 0.3 is 0 Å². The van der Waals surface area contributed by atoms with Crippen LogP contribution in [0.25, 0.3) is 10.3 Å². The molecule has 0 unspecified atom stereocenters. The number of aryl methyl sites for hydroxylation is 2. The fraction of sp³-hybridized carbons (Fsp3) is 0.357. The third kappa shape index (κ3) is 2.97. The van der Waals surface area contributed by atoms with Crippen molar-refractivity contribution in [1.29, 1.82) is 0 Å². The van der Waals surface area contributed by atoms with Gasteiger partial charge in [0.2, 0.25) is 0 Å². The van der Waals surface area contributed by atoms with E-state index < -0.39 is 0 Å². The van der Waals surface area contributed by atoms with E-state index in [2.05, 4.69) is 20.4 Å². The Labute approximate surface area is 126 Å². The molecule has 0 aliphatic carbocycles. The Bertz CT molecular complexity index is 702. The Morgan fingerprint density at radius 3 is 3.05 bits per heavy atom. The molecule has 3 rings (SSSR count). The van der Waals surface area contributed by atoms with E-state index in [1.54, 1.807) is 23.7 Å². The molecule has 0 amide bonds. The molecule has 0 fully saturated rings. The van der Waals surface area contributed by atoms with Gasteiger partial charge in [-0.05, 0) is 26.0 Å². The highest BCUT2D eigenvalue weighted by Crippen LogP contribution is 2.28. The van der Waals surface area contributed by atoms with Crippen molar-refractivity contribution in [1.82, 2.24) is 19.7 Å². The lowest BCUT2D eigenvalue weighted by atomic mass is 10.4. The molecule has 6 nitrogen and oxygen atoms in total. The van der Waals surface area contributed by atoms with Crippen LogP contribution in [-0.4, -0.2) is 32.4 Å². The summed E-state index contributed by atoms with van der Waals surface area (Å²) >= 11 is 1.62. The molecule has 0 bridgehead atoms. The minimum atomic E-state index is 0.0282. The molecular formula is C14H17N5OS. The molecule has 7 heteroatoms. The van der Waals surface area contributed by atoms with Gasteiger partial charge < -0.3 is 10.1 Å². The number of rotatable bonds is 5. The molecule has 0 spiro atoms. The average Bonchev–Trinajstić information content (AvgIpc) is 3.00. The summed E-state index contributed by atoms with van der Waals surface area (Å²) in [5.41, 5.74) is 1.93. The van der Waals surface area contributed by atoms with Crippen LogP contribution in [0.1, 0.15) is 12.6 Å². The highest BCUT2D eigenvalue weighted by molar-refractivity contribution is 7.22. The summed E-state index contributed by atoms with van der Waals surface area (Å²) in [7, 11) is 1.91. The van der Waals surface area contributed by atoms with Gasteiger partial charge in [0, 0.05) is 13.2 Å². The summed E-state index contributed by atoms with van der Waals surface area (Å²) in [6, 6.07) is 3.76. The maximum Gasteiger partial charge on any atom is 0.185 e. The van der Waals surface area contributed by atoms with Gasteiger partial charge in [-0.2, -0.15) is 5.10 Å². The van der Waals surface area contributed by atoms with Gasteiger partial charge in [0.05, 0.1) is 23.1 Å². The number of nitrogens with one attached hydrogen (secondary N) is 1. The first-order valence-electron chi connectivity index (χ1n) is 6.74. The predicted octanol–water partition coefficient (Wildman–Crippen LogP) is 2.61. The normalized spacial score (nSPS) is 12.5. The van der Waals surface area contributed by atoms with Crippen molar-refractivity contribution < 1.29 is 4.74 Å². The van der Waals surface area contributed by atoms with E-state index in [1.807, 2.05) is 37.7 Å². The van der Waals surface area contributed by atoms with E-state index in [1.165, 1.54) is 0 Å². The fourth-order valence-corrected chi connectivity index (χ4v) is 3.02. The Kier molecular flexibility index (Phi) is 3.74. The number of thiazole rings is 1. The summed E-state index contributed by atoms with van der Waals surface area (Å²) in [6.45, 7) is 4.69. The van der Waals surface area contributed by atoms with Crippen LogP contribution in [0, 0.1) is 6.92 Å². The minimum absolute atomic E-state index is 0.0282. The van der Waals surface area contributed by atoms with Gasteiger partial charge in [-0.3, -0.25) is 4.98 Å². The fourth-order valence-electron chi connectivity index (χ4n) is 2.08. The second-order valence-electron chi connectivity index (χ2n) is 4.88. The van der Waals surface area contributed by atoms with Gasteiger partial charge in [0.1, 0.15) is 11.9 Å². The van der Waals surface area contributed by atoms with Crippen molar-refractivity contribution in [3.63, 3.8) is 0 Å². The van der Waals surface area contributed by atoms with Crippen molar-refractivity contribution in [2.75, 3.05) is 11.9 Å². The van der Waals surface area contributed by atoms with Crippen molar-refractivity contribution in [3.05, 3.63) is 30.2 Å². The van der Waals surface area contributed by atoms with E-state index >= 15 is 0 Å². The summed E-state index contributed by atoms with van der Waals surface area (Å²) in [5, 5.41) is 8.55. The molecule has 0 saturated heterocycles. The van der Waals surface area contributed by atoms with E-state index in [9.17, 15) is 0 Å². The van der Waals surface area contributed by atoms with Crippen LogP contribution < -0.4 is 10.1 Å². The molecule has 1 N–H and O–H groups in total. The molecule has 3 aromatic rings. The Morgan fingerprint density at radius 2 is 2.33 bits per heavy atom. The van der Waals surface area contributed by atoms with Gasteiger partial charge in [-0.1, -0.05) is 11.3 Å². The molecule has 21 heavy (non-hydrogen) atoms. The zero-order valence-corrected chi connectivity index (χ0v) is 13.0. The topological polar surface area (TPSA) is 64.9 Å². The first kappa shape index (κ1) is 13.8. The number of ether oxygens (including phenoxy) is 1. The van der Waals surface area contributed by atoms with E-state index in [0.29, 0.717) is 6.54 Å². The zero-order valence-electron chi connectivity index (χ0n) is 12.2. The van der Waals surface area contributed by atoms with Crippen molar-refractivity contribution in [2.24, 2.45) is 7.05 Å². The quantitative estimate of drug-likeness (QED) is 0.785. The van der Waals surface area contributed by atoms with Gasteiger partial charge in [-0.15, -0.1) is 0 Å². The lowest BCUT2D eigenvalue weighted by Gasteiger charge is -2.14. The van der Waals surface area contributed by atoms with Crippen molar-refractivity contribution in [2.45, 2.75) is 20.0 Å². The zero-order chi connectivity index (χ0) is 14.8. The van der Waals surface area contributed by atoms with Crippen LogP contribution in [0.15, 0.2) is 24.5 Å². The summed E-state index contributed by atoms with van der Waals surface area (Å²) in [4.78, 5) is 8.58. The molecule has 3 aromatic heterocycles. The highest BCUT2D eigenvalue weighted by Gasteiger charge is 2.12. The molecule has 110 valence electrons. The van der Waals surface area contributed by atoms with E-state index in [4.69, 9.17) is 4.74 Å². The van der Waals surface area contributed by atoms with Crippen LogP contribution in [0.5, 0.6) is 5.75 Å². The molecule has 0 saturated carbocycles. The van der Waals surface area contributed by atoms with Gasteiger partial charge in [-0.25, -0.2) is 9.67 Å². The Morgan fingerprint density at radius 1 is 1.48 bits per heavy atom. The lowest BCUT2D eigenvalue weighted by Crippen LogP contribution is -2.22. The molecule has 1 atom stereocenters. The lowest BCUT2D eigenvalue weighted by molar-refractivity contribution is 0.234. The first-order valence-corrected chi connectivity index (χ1v) is 7.56. The highest BCUT2D eigenvalue weighted by atomic mass is 32.1. The summed E-state index contributed by atoms with van der Waals surface area (Å²) < 4.78 is 8.71. The minimum Gasteiger partial charge on any atom is -0.487 e. The third-order valence-electron chi connectivity index (χ3n) is 3.06.